The number of hydrogen-bond acceptors (Lipinski definition) is 4. The summed E-state index contributed by atoms with van der Waals surface area (Å²) in [7, 11) is 0. The zero-order chi connectivity index (χ0) is 22.9. The molecule has 2 aliphatic heterocycles. The van der Waals surface area contributed by atoms with Crippen LogP contribution in [0.2, 0.25) is 0 Å². The van der Waals surface area contributed by atoms with E-state index in [1.807, 2.05) is 0 Å². The number of halogens is 3. The van der Waals surface area contributed by atoms with Crippen LogP contribution in [0.4, 0.5) is 24.5 Å². The largest absolute Gasteiger partial charge is 0.416 e. The summed E-state index contributed by atoms with van der Waals surface area (Å²) in [5.74, 6) is -1.45. The maximum absolute atomic E-state index is 13.2. The first-order chi connectivity index (χ1) is 15.2. The number of alkyl halides is 3. The fourth-order valence-corrected chi connectivity index (χ4v) is 4.95. The molecule has 32 heavy (non-hydrogen) atoms. The van der Waals surface area contributed by atoms with Gasteiger partial charge < -0.3 is 15.1 Å². The SMILES string of the molecule is O=C(CN1C(=O)[C@@H](C(=O)N2CCCC2)Sc2ccccc21)Nc1cccc(C(F)(F)F)c1. The molecule has 2 aromatic rings. The van der Waals surface area contributed by atoms with Crippen molar-refractivity contribution in [2.24, 2.45) is 0 Å². The van der Waals surface area contributed by atoms with E-state index >= 15 is 0 Å². The molecule has 1 atom stereocenters. The number of benzene rings is 2. The molecule has 0 aliphatic carbocycles. The van der Waals surface area contributed by atoms with Crippen LogP contribution >= 0.6 is 11.8 Å². The number of amides is 3. The quantitative estimate of drug-likeness (QED) is 0.701. The van der Waals surface area contributed by atoms with Crippen molar-refractivity contribution in [3.8, 4) is 0 Å². The third-order valence-corrected chi connectivity index (χ3v) is 6.55. The predicted molar refractivity (Wildman–Crippen MR) is 114 cm³/mol. The zero-order valence-electron chi connectivity index (χ0n) is 16.9. The van der Waals surface area contributed by atoms with Gasteiger partial charge in [0.2, 0.25) is 11.8 Å². The standard InChI is InChI=1S/C22H20F3N3O3S/c23-22(24,25)14-6-5-7-15(12-14)26-18(29)13-28-16-8-1-2-9-17(16)32-19(21(28)31)20(30)27-10-3-4-11-27/h1-2,5-9,12,19H,3-4,10-11,13H2,(H,26,29)/t19-/m1/s1. The first-order valence-corrected chi connectivity index (χ1v) is 10.9. The van der Waals surface area contributed by atoms with Gasteiger partial charge in [-0.05, 0) is 43.2 Å². The molecule has 2 heterocycles. The predicted octanol–water partition coefficient (Wildman–Crippen LogP) is 3.77. The first-order valence-electron chi connectivity index (χ1n) is 10.1. The van der Waals surface area contributed by atoms with Crippen molar-refractivity contribution in [3.63, 3.8) is 0 Å². The number of nitrogens with zero attached hydrogens (tertiary/aromatic N) is 2. The molecular formula is C22H20F3N3O3S. The second-order valence-corrected chi connectivity index (χ2v) is 8.70. The van der Waals surface area contributed by atoms with Crippen LogP contribution in [0.15, 0.2) is 53.4 Å². The van der Waals surface area contributed by atoms with Crippen molar-refractivity contribution < 1.29 is 27.6 Å². The topological polar surface area (TPSA) is 69.7 Å². The molecule has 0 radical (unpaired) electrons. The van der Waals surface area contributed by atoms with Crippen LogP contribution in [0.25, 0.3) is 0 Å². The second kappa shape index (κ2) is 8.85. The lowest BCUT2D eigenvalue weighted by Gasteiger charge is -2.34. The minimum atomic E-state index is -4.54. The van der Waals surface area contributed by atoms with Crippen molar-refractivity contribution in [3.05, 3.63) is 54.1 Å². The van der Waals surface area contributed by atoms with Crippen LogP contribution in [0, 0.1) is 0 Å². The molecule has 10 heteroatoms. The van der Waals surface area contributed by atoms with Crippen LogP contribution in [0.3, 0.4) is 0 Å². The van der Waals surface area contributed by atoms with Crippen LogP contribution in [-0.2, 0) is 20.6 Å². The molecule has 0 unspecified atom stereocenters. The monoisotopic (exact) mass is 463 g/mol. The molecule has 3 amide bonds. The number of fused-ring (bicyclic) bond motifs is 1. The number of likely N-dealkylation sites (tertiary alicyclic amines) is 1. The Balaban J connectivity index is 1.54. The average Bonchev–Trinajstić information content (AvgIpc) is 3.29. The van der Waals surface area contributed by atoms with Gasteiger partial charge in [-0.15, -0.1) is 11.8 Å². The Labute approximate surface area is 186 Å². The van der Waals surface area contributed by atoms with Crippen molar-refractivity contribution in [1.82, 2.24) is 4.90 Å². The van der Waals surface area contributed by atoms with Gasteiger partial charge in [-0.3, -0.25) is 14.4 Å². The fourth-order valence-electron chi connectivity index (χ4n) is 3.76. The number of carbonyl (C=O) groups is 3. The van der Waals surface area contributed by atoms with Gasteiger partial charge in [0.05, 0.1) is 11.3 Å². The number of rotatable bonds is 4. The summed E-state index contributed by atoms with van der Waals surface area (Å²) in [5, 5.41) is 1.42. The maximum Gasteiger partial charge on any atom is 0.416 e. The summed E-state index contributed by atoms with van der Waals surface area (Å²) in [6.45, 7) is 0.776. The Morgan fingerprint density at radius 3 is 2.50 bits per heavy atom. The van der Waals surface area contributed by atoms with Crippen molar-refractivity contribution in [2.45, 2.75) is 29.2 Å². The van der Waals surface area contributed by atoms with E-state index in [1.165, 1.54) is 17.0 Å². The maximum atomic E-state index is 13.2. The van der Waals surface area contributed by atoms with Gasteiger partial charge in [-0.25, -0.2) is 0 Å². The number of hydrogen-bond donors (Lipinski definition) is 1. The molecular weight excluding hydrogens is 443 g/mol. The minimum absolute atomic E-state index is 0.0263. The van der Waals surface area contributed by atoms with E-state index in [2.05, 4.69) is 5.32 Å². The van der Waals surface area contributed by atoms with Gasteiger partial charge in [0.25, 0.3) is 5.91 Å². The molecule has 4 rings (SSSR count). The zero-order valence-corrected chi connectivity index (χ0v) is 17.7. The van der Waals surface area contributed by atoms with Gasteiger partial charge in [-0.2, -0.15) is 13.2 Å². The Morgan fingerprint density at radius 1 is 1.06 bits per heavy atom. The highest BCUT2D eigenvalue weighted by Crippen LogP contribution is 2.40. The highest BCUT2D eigenvalue weighted by atomic mass is 32.2. The second-order valence-electron chi connectivity index (χ2n) is 7.55. The average molecular weight is 463 g/mol. The Morgan fingerprint density at radius 2 is 1.78 bits per heavy atom. The summed E-state index contributed by atoms with van der Waals surface area (Å²) in [5.41, 5.74) is -0.420. The Bertz CT molecular complexity index is 1050. The number of thioether (sulfide) groups is 1. The number of anilines is 2. The van der Waals surface area contributed by atoms with Crippen molar-refractivity contribution >= 4 is 40.9 Å². The smallest absolute Gasteiger partial charge is 0.341 e. The third-order valence-electron chi connectivity index (χ3n) is 5.31. The Kier molecular flexibility index (Phi) is 6.14. The van der Waals surface area contributed by atoms with E-state index in [0.29, 0.717) is 23.7 Å². The lowest BCUT2D eigenvalue weighted by atomic mass is 10.2. The molecule has 0 bridgehead atoms. The molecule has 2 aromatic carbocycles. The normalized spacial score (nSPS) is 18.5. The van der Waals surface area contributed by atoms with Crippen molar-refractivity contribution in [2.75, 3.05) is 29.9 Å². The molecule has 0 aromatic heterocycles. The van der Waals surface area contributed by atoms with Gasteiger partial charge in [-0.1, -0.05) is 18.2 Å². The highest BCUT2D eigenvalue weighted by Gasteiger charge is 2.41. The van der Waals surface area contributed by atoms with E-state index < -0.39 is 35.3 Å². The van der Waals surface area contributed by atoms with Crippen LogP contribution in [0.1, 0.15) is 18.4 Å². The lowest BCUT2D eigenvalue weighted by Crippen LogP contribution is -2.51. The van der Waals surface area contributed by atoms with Crippen LogP contribution in [0.5, 0.6) is 0 Å². The summed E-state index contributed by atoms with van der Waals surface area (Å²) in [6, 6.07) is 11.2. The van der Waals surface area contributed by atoms with Gasteiger partial charge in [0.15, 0.2) is 5.25 Å². The summed E-state index contributed by atoms with van der Waals surface area (Å²) >= 11 is 1.16. The number of nitrogens with one attached hydrogen (secondary N) is 1. The van der Waals surface area contributed by atoms with E-state index in [4.69, 9.17) is 0 Å². The van der Waals surface area contributed by atoms with Gasteiger partial charge in [0.1, 0.15) is 6.54 Å². The third kappa shape index (κ3) is 4.59. The molecule has 1 saturated heterocycles. The van der Waals surface area contributed by atoms with Gasteiger partial charge >= 0.3 is 6.18 Å². The first kappa shape index (κ1) is 22.2. The van der Waals surface area contributed by atoms with E-state index in [0.717, 1.165) is 36.7 Å². The summed E-state index contributed by atoms with van der Waals surface area (Å²) in [6.07, 6.45) is -2.77. The molecule has 1 fully saturated rings. The summed E-state index contributed by atoms with van der Waals surface area (Å²) in [4.78, 5) is 42.3. The fraction of sp³-hybridized carbons (Fsp3) is 0.318. The Hall–Kier alpha value is -3.01. The van der Waals surface area contributed by atoms with Crippen LogP contribution in [-0.4, -0.2) is 47.5 Å². The molecule has 6 nitrogen and oxygen atoms in total. The highest BCUT2D eigenvalue weighted by molar-refractivity contribution is 8.01. The molecule has 0 saturated carbocycles. The van der Waals surface area contributed by atoms with E-state index in [9.17, 15) is 27.6 Å². The van der Waals surface area contributed by atoms with Gasteiger partial charge in [0, 0.05) is 23.7 Å². The molecule has 0 spiro atoms. The molecule has 1 N–H and O–H groups in total. The van der Waals surface area contributed by atoms with Crippen LogP contribution < -0.4 is 10.2 Å². The summed E-state index contributed by atoms with van der Waals surface area (Å²) < 4.78 is 38.8. The van der Waals surface area contributed by atoms with Crippen molar-refractivity contribution in [1.29, 1.82) is 0 Å². The van der Waals surface area contributed by atoms with E-state index in [1.54, 1.807) is 29.2 Å². The minimum Gasteiger partial charge on any atom is -0.341 e. The molecule has 168 valence electrons. The number of carbonyl (C=O) groups excluding carboxylic acids is 3. The lowest BCUT2D eigenvalue weighted by molar-refractivity contribution is -0.137. The molecule has 2 aliphatic rings. The van der Waals surface area contributed by atoms with E-state index in [-0.39, 0.29) is 11.6 Å². The number of para-hydroxylation sites is 1.